The van der Waals surface area contributed by atoms with Crippen molar-refractivity contribution in [2.75, 3.05) is 19.6 Å². The minimum absolute atomic E-state index is 0.0243. The van der Waals surface area contributed by atoms with Gasteiger partial charge in [-0.3, -0.25) is 5.32 Å². The van der Waals surface area contributed by atoms with Gasteiger partial charge in [0.1, 0.15) is 0 Å². The quantitative estimate of drug-likeness (QED) is 0.565. The lowest BCUT2D eigenvalue weighted by molar-refractivity contribution is 0.407. The SMILES string of the molecule is C1=CC(C2(C3=CCCN3)C=CCN2)NC1. The number of hydrogen-bond acceptors (Lipinski definition) is 3. The molecule has 0 aromatic rings. The van der Waals surface area contributed by atoms with Crippen molar-refractivity contribution >= 4 is 0 Å². The van der Waals surface area contributed by atoms with E-state index in [1.807, 2.05) is 0 Å². The van der Waals surface area contributed by atoms with E-state index in [4.69, 9.17) is 0 Å². The average molecular weight is 203 g/mol. The van der Waals surface area contributed by atoms with Gasteiger partial charge in [-0.25, -0.2) is 0 Å². The summed E-state index contributed by atoms with van der Waals surface area (Å²) in [5.41, 5.74) is 1.31. The lowest BCUT2D eigenvalue weighted by atomic mass is 9.88. The van der Waals surface area contributed by atoms with Gasteiger partial charge in [-0.1, -0.05) is 30.4 Å². The third-order valence-corrected chi connectivity index (χ3v) is 3.42. The summed E-state index contributed by atoms with van der Waals surface area (Å²) in [5, 5.41) is 10.6. The van der Waals surface area contributed by atoms with E-state index in [1.165, 1.54) is 5.70 Å². The monoisotopic (exact) mass is 203 g/mol. The zero-order valence-corrected chi connectivity index (χ0v) is 8.79. The predicted octanol–water partition coefficient (Wildman–Crippen LogP) is 0.290. The topological polar surface area (TPSA) is 36.1 Å². The molecule has 3 aliphatic rings. The molecule has 0 amide bonds. The van der Waals surface area contributed by atoms with Gasteiger partial charge in [0.15, 0.2) is 0 Å². The van der Waals surface area contributed by atoms with Crippen LogP contribution in [-0.4, -0.2) is 31.2 Å². The highest BCUT2D eigenvalue weighted by atomic mass is 15.1. The minimum atomic E-state index is -0.0243. The van der Waals surface area contributed by atoms with E-state index >= 15 is 0 Å². The van der Waals surface area contributed by atoms with Crippen LogP contribution in [0.2, 0.25) is 0 Å². The first-order valence-corrected chi connectivity index (χ1v) is 5.69. The zero-order chi connectivity index (χ0) is 10.1. The summed E-state index contributed by atoms with van der Waals surface area (Å²) in [7, 11) is 0. The van der Waals surface area contributed by atoms with Crippen LogP contribution < -0.4 is 16.0 Å². The van der Waals surface area contributed by atoms with Crippen LogP contribution in [0.3, 0.4) is 0 Å². The molecular formula is C12H17N3. The highest BCUT2D eigenvalue weighted by Crippen LogP contribution is 2.29. The van der Waals surface area contributed by atoms with E-state index in [9.17, 15) is 0 Å². The molecule has 3 aliphatic heterocycles. The van der Waals surface area contributed by atoms with Crippen molar-refractivity contribution in [2.45, 2.75) is 18.0 Å². The summed E-state index contributed by atoms with van der Waals surface area (Å²) in [6.45, 7) is 3.02. The van der Waals surface area contributed by atoms with E-state index in [1.54, 1.807) is 0 Å². The Morgan fingerprint density at radius 1 is 1.27 bits per heavy atom. The summed E-state index contributed by atoms with van der Waals surface area (Å²) in [4.78, 5) is 0. The Balaban J connectivity index is 1.94. The molecule has 0 aromatic heterocycles. The van der Waals surface area contributed by atoms with E-state index in [2.05, 4.69) is 46.3 Å². The van der Waals surface area contributed by atoms with Crippen LogP contribution in [0.25, 0.3) is 0 Å². The van der Waals surface area contributed by atoms with Gasteiger partial charge >= 0.3 is 0 Å². The Labute approximate surface area is 90.3 Å². The Kier molecular flexibility index (Phi) is 2.15. The molecule has 2 unspecified atom stereocenters. The van der Waals surface area contributed by atoms with Crippen LogP contribution >= 0.6 is 0 Å². The molecule has 2 atom stereocenters. The molecule has 0 aromatic carbocycles. The van der Waals surface area contributed by atoms with Crippen molar-refractivity contribution in [3.8, 4) is 0 Å². The zero-order valence-electron chi connectivity index (χ0n) is 8.79. The van der Waals surface area contributed by atoms with Gasteiger partial charge in [-0.2, -0.15) is 0 Å². The summed E-state index contributed by atoms with van der Waals surface area (Å²) >= 11 is 0. The number of hydrogen-bond donors (Lipinski definition) is 3. The molecule has 80 valence electrons. The van der Waals surface area contributed by atoms with Crippen molar-refractivity contribution in [3.63, 3.8) is 0 Å². The minimum Gasteiger partial charge on any atom is -0.386 e. The van der Waals surface area contributed by atoms with E-state index in [0.717, 1.165) is 26.1 Å². The molecule has 0 aliphatic carbocycles. The second kappa shape index (κ2) is 3.51. The first-order chi connectivity index (χ1) is 7.42. The molecule has 15 heavy (non-hydrogen) atoms. The van der Waals surface area contributed by atoms with Crippen molar-refractivity contribution in [1.82, 2.24) is 16.0 Å². The van der Waals surface area contributed by atoms with Crippen LogP contribution in [0, 0.1) is 0 Å². The lowest BCUT2D eigenvalue weighted by Crippen LogP contribution is -2.57. The molecule has 0 fully saturated rings. The summed E-state index contributed by atoms with van der Waals surface area (Å²) < 4.78 is 0. The standard InChI is InChI=1S/C12H17N3/c1-4-10(13-7-1)12(6-3-9-15-12)11-5-2-8-14-11/h1,3-6,10,13-15H,2,7-9H2. The van der Waals surface area contributed by atoms with Crippen molar-refractivity contribution in [3.05, 3.63) is 36.1 Å². The maximum atomic E-state index is 3.60. The van der Waals surface area contributed by atoms with Crippen LogP contribution in [0.15, 0.2) is 36.1 Å². The largest absolute Gasteiger partial charge is 0.386 e. The van der Waals surface area contributed by atoms with Gasteiger partial charge in [0.25, 0.3) is 0 Å². The second-order valence-electron chi connectivity index (χ2n) is 4.30. The smallest absolute Gasteiger partial charge is 0.0959 e. The fourth-order valence-corrected chi connectivity index (χ4v) is 2.69. The summed E-state index contributed by atoms with van der Waals surface area (Å²) in [6.07, 6.45) is 12.4. The lowest BCUT2D eigenvalue weighted by Gasteiger charge is -2.35. The third kappa shape index (κ3) is 1.34. The average Bonchev–Trinajstić information content (AvgIpc) is 3.02. The van der Waals surface area contributed by atoms with Crippen molar-refractivity contribution < 1.29 is 0 Å². The van der Waals surface area contributed by atoms with Gasteiger partial charge in [-0.05, 0) is 6.42 Å². The number of rotatable bonds is 2. The first-order valence-electron chi connectivity index (χ1n) is 5.69. The molecular weight excluding hydrogens is 186 g/mol. The molecule has 3 heteroatoms. The van der Waals surface area contributed by atoms with Crippen LogP contribution in [0.5, 0.6) is 0 Å². The molecule has 0 bridgehead atoms. The Morgan fingerprint density at radius 3 is 2.87 bits per heavy atom. The van der Waals surface area contributed by atoms with Crippen LogP contribution in [-0.2, 0) is 0 Å². The molecule has 0 radical (unpaired) electrons. The van der Waals surface area contributed by atoms with Gasteiger partial charge in [0.05, 0.1) is 11.6 Å². The van der Waals surface area contributed by atoms with Gasteiger partial charge < -0.3 is 10.6 Å². The molecule has 0 spiro atoms. The highest BCUT2D eigenvalue weighted by Gasteiger charge is 2.41. The summed E-state index contributed by atoms with van der Waals surface area (Å²) in [5.74, 6) is 0. The van der Waals surface area contributed by atoms with Crippen LogP contribution in [0.1, 0.15) is 6.42 Å². The summed E-state index contributed by atoms with van der Waals surface area (Å²) in [6, 6.07) is 0.382. The molecule has 3 rings (SSSR count). The fraction of sp³-hybridized carbons (Fsp3) is 0.500. The van der Waals surface area contributed by atoms with Crippen molar-refractivity contribution in [1.29, 1.82) is 0 Å². The Bertz CT molecular complexity index is 343. The first kappa shape index (κ1) is 9.19. The van der Waals surface area contributed by atoms with E-state index in [0.29, 0.717) is 6.04 Å². The van der Waals surface area contributed by atoms with Gasteiger partial charge in [0.2, 0.25) is 0 Å². The molecule has 0 saturated carbocycles. The normalized spacial score (nSPS) is 38.4. The maximum Gasteiger partial charge on any atom is 0.0959 e. The molecule has 0 saturated heterocycles. The molecule has 3 N–H and O–H groups in total. The van der Waals surface area contributed by atoms with Crippen LogP contribution in [0.4, 0.5) is 0 Å². The van der Waals surface area contributed by atoms with E-state index < -0.39 is 0 Å². The third-order valence-electron chi connectivity index (χ3n) is 3.42. The highest BCUT2D eigenvalue weighted by molar-refractivity contribution is 5.39. The van der Waals surface area contributed by atoms with E-state index in [-0.39, 0.29) is 5.54 Å². The Hall–Kier alpha value is -1.06. The number of nitrogens with one attached hydrogen (secondary N) is 3. The maximum absolute atomic E-state index is 3.60. The predicted molar refractivity (Wildman–Crippen MR) is 61.5 cm³/mol. The molecule has 3 nitrogen and oxygen atoms in total. The Morgan fingerprint density at radius 2 is 2.27 bits per heavy atom. The fourth-order valence-electron chi connectivity index (χ4n) is 2.69. The van der Waals surface area contributed by atoms with Gasteiger partial charge in [0, 0.05) is 25.3 Å². The second-order valence-corrected chi connectivity index (χ2v) is 4.30. The van der Waals surface area contributed by atoms with Gasteiger partial charge in [-0.15, -0.1) is 0 Å². The van der Waals surface area contributed by atoms with Crippen molar-refractivity contribution in [2.24, 2.45) is 0 Å². The molecule has 3 heterocycles.